The van der Waals surface area contributed by atoms with E-state index in [9.17, 15) is 4.79 Å². The molecule has 100 valence electrons. The number of hydrogen-bond acceptors (Lipinski definition) is 4. The monoisotopic (exact) mass is 270 g/mol. The molecule has 0 radical (unpaired) electrons. The van der Waals surface area contributed by atoms with Crippen LogP contribution in [0.15, 0.2) is 24.3 Å². The molecule has 18 heavy (non-hydrogen) atoms. The first-order chi connectivity index (χ1) is 8.20. The lowest BCUT2D eigenvalue weighted by Gasteiger charge is -2.35. The number of methoxy groups -OCH3 is 1. The third kappa shape index (κ3) is 3.45. The van der Waals surface area contributed by atoms with Crippen LogP contribution >= 0.6 is 12.4 Å². The molecule has 1 aromatic rings. The number of carbonyl (C=O) groups is 1. The van der Waals surface area contributed by atoms with E-state index in [1.54, 1.807) is 0 Å². The molecule has 0 aliphatic carbocycles. The second-order valence-corrected chi connectivity index (χ2v) is 4.42. The first kappa shape index (κ1) is 15.0. The third-order valence-electron chi connectivity index (χ3n) is 3.19. The summed E-state index contributed by atoms with van der Waals surface area (Å²) >= 11 is 0. The van der Waals surface area contributed by atoms with Gasteiger partial charge in [0.1, 0.15) is 0 Å². The Labute approximate surface area is 114 Å². The fraction of sp³-hybridized carbons (Fsp3) is 0.462. The minimum Gasteiger partial charge on any atom is -0.465 e. The molecule has 2 rings (SSSR count). The molecule has 0 bridgehead atoms. The number of esters is 1. The summed E-state index contributed by atoms with van der Waals surface area (Å²) < 4.78 is 4.66. The van der Waals surface area contributed by atoms with Crippen LogP contribution in [0.3, 0.4) is 0 Å². The summed E-state index contributed by atoms with van der Waals surface area (Å²) in [7, 11) is 3.52. The summed E-state index contributed by atoms with van der Waals surface area (Å²) in [6, 6.07) is 8.22. The molecule has 1 heterocycles. The number of benzene rings is 1. The average molecular weight is 271 g/mol. The molecule has 1 saturated heterocycles. The quantitative estimate of drug-likeness (QED) is 0.838. The first-order valence-corrected chi connectivity index (χ1v) is 5.79. The molecule has 5 heteroatoms. The van der Waals surface area contributed by atoms with E-state index in [0.29, 0.717) is 11.6 Å². The van der Waals surface area contributed by atoms with Crippen LogP contribution in [-0.4, -0.2) is 44.2 Å². The van der Waals surface area contributed by atoms with Crippen LogP contribution in [0.5, 0.6) is 0 Å². The van der Waals surface area contributed by atoms with Crippen molar-refractivity contribution in [1.29, 1.82) is 0 Å². The van der Waals surface area contributed by atoms with Crippen molar-refractivity contribution in [3.8, 4) is 0 Å². The van der Waals surface area contributed by atoms with Gasteiger partial charge in [-0.2, -0.15) is 0 Å². The van der Waals surface area contributed by atoms with Gasteiger partial charge in [0.2, 0.25) is 0 Å². The van der Waals surface area contributed by atoms with Crippen molar-refractivity contribution in [1.82, 2.24) is 10.2 Å². The zero-order chi connectivity index (χ0) is 12.3. The van der Waals surface area contributed by atoms with Crippen molar-refractivity contribution in [3.05, 3.63) is 35.4 Å². The van der Waals surface area contributed by atoms with Crippen LogP contribution in [0, 0.1) is 0 Å². The molecular formula is C13H19ClN2O2. The number of nitrogens with zero attached hydrogens (tertiary/aromatic N) is 1. The molecule has 0 spiro atoms. The standard InChI is InChI=1S/C13H18N2O2.ClH/c1-15(12-7-14-8-12)9-10-3-5-11(6-4-10)13(16)17-2;/h3-6,12,14H,7-9H2,1-2H3;1H. The molecule has 0 saturated carbocycles. The van der Waals surface area contributed by atoms with Crippen molar-refractivity contribution < 1.29 is 9.53 Å². The van der Waals surface area contributed by atoms with Gasteiger partial charge in [-0.05, 0) is 24.7 Å². The maximum Gasteiger partial charge on any atom is 0.337 e. The minimum atomic E-state index is -0.284. The molecule has 1 N–H and O–H groups in total. The Hall–Kier alpha value is -1.10. The van der Waals surface area contributed by atoms with Gasteiger partial charge < -0.3 is 10.1 Å². The molecule has 1 aliphatic rings. The van der Waals surface area contributed by atoms with Crippen molar-refractivity contribution in [2.45, 2.75) is 12.6 Å². The second kappa shape index (κ2) is 6.73. The van der Waals surface area contributed by atoms with Gasteiger partial charge in [-0.3, -0.25) is 4.90 Å². The predicted molar refractivity (Wildman–Crippen MR) is 73.2 cm³/mol. The molecule has 1 fully saturated rings. The van der Waals surface area contributed by atoms with Gasteiger partial charge in [-0.1, -0.05) is 12.1 Å². The van der Waals surface area contributed by atoms with Gasteiger partial charge in [0.05, 0.1) is 12.7 Å². The summed E-state index contributed by atoms with van der Waals surface area (Å²) in [4.78, 5) is 13.6. The largest absolute Gasteiger partial charge is 0.465 e. The zero-order valence-electron chi connectivity index (χ0n) is 10.7. The van der Waals surface area contributed by atoms with E-state index in [0.717, 1.165) is 19.6 Å². The Morgan fingerprint density at radius 3 is 2.44 bits per heavy atom. The maximum absolute atomic E-state index is 11.3. The fourth-order valence-electron chi connectivity index (χ4n) is 1.87. The van der Waals surface area contributed by atoms with Gasteiger partial charge in [-0.25, -0.2) is 4.79 Å². The van der Waals surface area contributed by atoms with Gasteiger partial charge in [0.25, 0.3) is 0 Å². The van der Waals surface area contributed by atoms with E-state index in [4.69, 9.17) is 0 Å². The van der Waals surface area contributed by atoms with Crippen molar-refractivity contribution in [2.24, 2.45) is 0 Å². The fourth-order valence-corrected chi connectivity index (χ4v) is 1.87. The normalized spacial score (nSPS) is 14.8. The Bertz CT molecular complexity index is 390. The Balaban J connectivity index is 0.00000162. The van der Waals surface area contributed by atoms with Gasteiger partial charge in [0, 0.05) is 25.7 Å². The van der Waals surface area contributed by atoms with Crippen LogP contribution in [-0.2, 0) is 11.3 Å². The highest BCUT2D eigenvalue weighted by Crippen LogP contribution is 2.11. The van der Waals surface area contributed by atoms with Gasteiger partial charge in [-0.15, -0.1) is 12.4 Å². The Morgan fingerprint density at radius 2 is 2.00 bits per heavy atom. The molecule has 4 nitrogen and oxygen atoms in total. The van der Waals surface area contributed by atoms with Gasteiger partial charge >= 0.3 is 5.97 Å². The van der Waals surface area contributed by atoms with Gasteiger partial charge in [0.15, 0.2) is 0 Å². The van der Waals surface area contributed by atoms with Crippen LogP contribution in [0.2, 0.25) is 0 Å². The van der Waals surface area contributed by atoms with Crippen LogP contribution in [0.4, 0.5) is 0 Å². The summed E-state index contributed by atoms with van der Waals surface area (Å²) in [6.45, 7) is 3.04. The summed E-state index contributed by atoms with van der Waals surface area (Å²) in [5.74, 6) is -0.284. The number of carbonyl (C=O) groups excluding carboxylic acids is 1. The van der Waals surface area contributed by atoms with E-state index in [1.165, 1.54) is 12.7 Å². The summed E-state index contributed by atoms with van der Waals surface area (Å²) in [5.41, 5.74) is 1.82. The highest BCUT2D eigenvalue weighted by Gasteiger charge is 2.21. The summed E-state index contributed by atoms with van der Waals surface area (Å²) in [6.07, 6.45) is 0. The molecule has 1 aliphatic heterocycles. The van der Waals surface area contributed by atoms with E-state index >= 15 is 0 Å². The molecule has 0 unspecified atom stereocenters. The zero-order valence-corrected chi connectivity index (χ0v) is 11.5. The molecule has 0 atom stereocenters. The third-order valence-corrected chi connectivity index (χ3v) is 3.19. The molecule has 0 amide bonds. The van der Waals surface area contributed by atoms with Crippen LogP contribution < -0.4 is 5.32 Å². The van der Waals surface area contributed by atoms with E-state index in [2.05, 4.69) is 22.0 Å². The second-order valence-electron chi connectivity index (χ2n) is 4.42. The van der Waals surface area contributed by atoms with E-state index in [1.807, 2.05) is 24.3 Å². The van der Waals surface area contributed by atoms with Crippen LogP contribution in [0.25, 0.3) is 0 Å². The molecule has 1 aromatic carbocycles. The molecule has 0 aromatic heterocycles. The Kier molecular flexibility index (Phi) is 5.59. The smallest absolute Gasteiger partial charge is 0.337 e. The van der Waals surface area contributed by atoms with Crippen molar-refractivity contribution in [3.63, 3.8) is 0 Å². The Morgan fingerprint density at radius 1 is 1.39 bits per heavy atom. The topological polar surface area (TPSA) is 41.6 Å². The number of rotatable bonds is 4. The highest BCUT2D eigenvalue weighted by molar-refractivity contribution is 5.89. The summed E-state index contributed by atoms with van der Waals surface area (Å²) in [5, 5.41) is 3.26. The minimum absolute atomic E-state index is 0. The number of ether oxygens (including phenoxy) is 1. The van der Waals surface area contributed by atoms with Crippen LogP contribution in [0.1, 0.15) is 15.9 Å². The van der Waals surface area contributed by atoms with Crippen molar-refractivity contribution >= 4 is 18.4 Å². The first-order valence-electron chi connectivity index (χ1n) is 5.79. The lowest BCUT2D eigenvalue weighted by Crippen LogP contribution is -2.55. The van der Waals surface area contributed by atoms with E-state index in [-0.39, 0.29) is 18.4 Å². The average Bonchev–Trinajstić information content (AvgIpc) is 2.26. The SMILES string of the molecule is COC(=O)c1ccc(CN(C)C2CNC2)cc1.Cl. The number of hydrogen-bond donors (Lipinski definition) is 1. The predicted octanol–water partition coefficient (Wildman–Crippen LogP) is 1.30. The number of halogens is 1. The lowest BCUT2D eigenvalue weighted by molar-refractivity contribution is 0.0600. The van der Waals surface area contributed by atoms with Crippen molar-refractivity contribution in [2.75, 3.05) is 27.2 Å². The highest BCUT2D eigenvalue weighted by atomic mass is 35.5. The lowest BCUT2D eigenvalue weighted by atomic mass is 10.1. The molecular weight excluding hydrogens is 252 g/mol. The maximum atomic E-state index is 11.3. The number of nitrogens with one attached hydrogen (secondary N) is 1. The number of likely N-dealkylation sites (N-methyl/N-ethyl adjacent to an activating group) is 1. The van der Waals surface area contributed by atoms with E-state index < -0.39 is 0 Å².